The quantitative estimate of drug-likeness (QED) is 0.783. The van der Waals surface area contributed by atoms with Crippen LogP contribution in [0.2, 0.25) is 0 Å². The largest absolute Gasteiger partial charge is 0.370 e. The molecule has 0 fully saturated rings. The second kappa shape index (κ2) is 4.76. The third-order valence-corrected chi connectivity index (χ3v) is 4.56. The summed E-state index contributed by atoms with van der Waals surface area (Å²) in [5.41, 5.74) is 2.03. The van der Waals surface area contributed by atoms with E-state index in [1.165, 1.54) is 4.88 Å². The Hall–Kier alpha value is -2.14. The van der Waals surface area contributed by atoms with Gasteiger partial charge in [-0.15, -0.1) is 11.3 Å². The Kier molecular flexibility index (Phi) is 2.77. The summed E-state index contributed by atoms with van der Waals surface area (Å²) in [5.74, 6) is 1.09. The fourth-order valence-corrected chi connectivity index (χ4v) is 3.47. The van der Waals surface area contributed by atoms with E-state index in [9.17, 15) is 0 Å². The molecule has 0 bridgehead atoms. The van der Waals surface area contributed by atoms with Gasteiger partial charge >= 0.3 is 0 Å². The number of nitrogens with one attached hydrogen (secondary N) is 1. The Bertz CT molecular complexity index is 703. The molecule has 0 saturated carbocycles. The molecular formula is C15H14N4S. The van der Waals surface area contributed by atoms with E-state index < -0.39 is 0 Å². The summed E-state index contributed by atoms with van der Waals surface area (Å²) < 4.78 is 2.11. The SMILES string of the molecule is c1cncc(-c2cc3n(n2)C(c2cccs2)CCN3)c1. The van der Waals surface area contributed by atoms with E-state index in [1.54, 1.807) is 17.5 Å². The first kappa shape index (κ1) is 11.7. The van der Waals surface area contributed by atoms with Gasteiger partial charge in [0.25, 0.3) is 0 Å². The molecule has 0 saturated heterocycles. The lowest BCUT2D eigenvalue weighted by atomic mass is 10.1. The van der Waals surface area contributed by atoms with Gasteiger partial charge in [0.2, 0.25) is 0 Å². The fourth-order valence-electron chi connectivity index (χ4n) is 2.62. The van der Waals surface area contributed by atoms with E-state index >= 15 is 0 Å². The molecule has 1 aliphatic heterocycles. The molecule has 4 nitrogen and oxygen atoms in total. The maximum Gasteiger partial charge on any atom is 0.125 e. The second-order valence-corrected chi connectivity index (χ2v) is 5.83. The van der Waals surface area contributed by atoms with Crippen LogP contribution in [0.3, 0.4) is 0 Å². The van der Waals surface area contributed by atoms with Crippen LogP contribution in [-0.4, -0.2) is 21.3 Å². The van der Waals surface area contributed by atoms with Gasteiger partial charge in [-0.1, -0.05) is 6.07 Å². The number of thiophene rings is 1. The van der Waals surface area contributed by atoms with Crippen LogP contribution in [-0.2, 0) is 0 Å². The number of fused-ring (bicyclic) bond motifs is 1. The third-order valence-electron chi connectivity index (χ3n) is 3.58. The van der Waals surface area contributed by atoms with Crippen LogP contribution >= 0.6 is 11.3 Å². The van der Waals surface area contributed by atoms with Crippen molar-refractivity contribution in [2.75, 3.05) is 11.9 Å². The molecule has 0 aliphatic carbocycles. The molecule has 1 N–H and O–H groups in total. The number of pyridine rings is 1. The number of rotatable bonds is 2. The Morgan fingerprint density at radius 3 is 3.10 bits per heavy atom. The van der Waals surface area contributed by atoms with Crippen molar-refractivity contribution in [1.82, 2.24) is 14.8 Å². The van der Waals surface area contributed by atoms with Crippen molar-refractivity contribution in [3.8, 4) is 11.3 Å². The van der Waals surface area contributed by atoms with Gasteiger partial charge in [-0.05, 0) is 30.0 Å². The van der Waals surface area contributed by atoms with E-state index in [1.807, 2.05) is 18.3 Å². The number of hydrogen-bond donors (Lipinski definition) is 1. The summed E-state index contributed by atoms with van der Waals surface area (Å²) in [4.78, 5) is 5.54. The highest BCUT2D eigenvalue weighted by Crippen LogP contribution is 2.34. The standard InChI is InChI=1S/C15H14N4S/c1-3-11(10-16-6-1)12-9-15-17-7-5-13(19(15)18-12)14-4-2-8-20-14/h1-4,6,8-10,13,17H,5,7H2. The zero-order valence-corrected chi connectivity index (χ0v) is 11.7. The summed E-state index contributed by atoms with van der Waals surface area (Å²) in [6.07, 6.45) is 4.71. The third kappa shape index (κ3) is 1.91. The highest BCUT2D eigenvalue weighted by atomic mass is 32.1. The average Bonchev–Trinajstić information content (AvgIpc) is 3.17. The van der Waals surface area contributed by atoms with Crippen molar-refractivity contribution >= 4 is 17.2 Å². The monoisotopic (exact) mass is 282 g/mol. The maximum atomic E-state index is 4.78. The van der Waals surface area contributed by atoms with E-state index in [0.717, 1.165) is 30.0 Å². The van der Waals surface area contributed by atoms with Gasteiger partial charge in [0, 0.05) is 35.4 Å². The van der Waals surface area contributed by atoms with Gasteiger partial charge < -0.3 is 5.32 Å². The zero-order chi connectivity index (χ0) is 13.4. The second-order valence-electron chi connectivity index (χ2n) is 4.85. The molecule has 3 aromatic heterocycles. The van der Waals surface area contributed by atoms with Crippen molar-refractivity contribution in [1.29, 1.82) is 0 Å². The Morgan fingerprint density at radius 1 is 1.30 bits per heavy atom. The van der Waals surface area contributed by atoms with Crippen LogP contribution in [0.25, 0.3) is 11.3 Å². The van der Waals surface area contributed by atoms with Crippen LogP contribution in [0, 0.1) is 0 Å². The molecule has 1 unspecified atom stereocenters. The van der Waals surface area contributed by atoms with E-state index in [-0.39, 0.29) is 0 Å². The van der Waals surface area contributed by atoms with Gasteiger partial charge in [-0.25, -0.2) is 4.68 Å². The Labute approximate surface area is 121 Å². The summed E-state index contributed by atoms with van der Waals surface area (Å²) in [6, 6.07) is 10.7. The normalized spacial score (nSPS) is 17.5. The van der Waals surface area contributed by atoms with Crippen molar-refractivity contribution in [2.24, 2.45) is 0 Å². The van der Waals surface area contributed by atoms with Crippen LogP contribution in [0.15, 0.2) is 48.1 Å². The van der Waals surface area contributed by atoms with Crippen LogP contribution < -0.4 is 5.32 Å². The highest BCUT2D eigenvalue weighted by Gasteiger charge is 2.24. The minimum Gasteiger partial charge on any atom is -0.370 e. The zero-order valence-electron chi connectivity index (χ0n) is 10.9. The molecule has 4 heterocycles. The van der Waals surface area contributed by atoms with Gasteiger partial charge in [0.05, 0.1) is 11.7 Å². The minimum atomic E-state index is 0.344. The van der Waals surface area contributed by atoms with E-state index in [2.05, 4.69) is 38.6 Å². The van der Waals surface area contributed by atoms with Crippen molar-refractivity contribution < 1.29 is 0 Å². The van der Waals surface area contributed by atoms with Crippen LogP contribution in [0.1, 0.15) is 17.3 Å². The summed E-state index contributed by atoms with van der Waals surface area (Å²) in [7, 11) is 0. The molecule has 20 heavy (non-hydrogen) atoms. The summed E-state index contributed by atoms with van der Waals surface area (Å²) >= 11 is 1.80. The molecule has 4 rings (SSSR count). The molecule has 0 spiro atoms. The molecular weight excluding hydrogens is 268 g/mol. The van der Waals surface area contributed by atoms with E-state index in [0.29, 0.717) is 6.04 Å². The lowest BCUT2D eigenvalue weighted by Crippen LogP contribution is -2.23. The van der Waals surface area contributed by atoms with Gasteiger partial charge in [-0.2, -0.15) is 5.10 Å². The fraction of sp³-hybridized carbons (Fsp3) is 0.200. The van der Waals surface area contributed by atoms with Crippen molar-refractivity contribution in [3.63, 3.8) is 0 Å². The minimum absolute atomic E-state index is 0.344. The highest BCUT2D eigenvalue weighted by molar-refractivity contribution is 7.10. The predicted molar refractivity (Wildman–Crippen MR) is 81.0 cm³/mol. The molecule has 0 aromatic carbocycles. The first-order chi connectivity index (χ1) is 9.92. The lowest BCUT2D eigenvalue weighted by Gasteiger charge is -2.24. The van der Waals surface area contributed by atoms with Gasteiger partial charge in [0.15, 0.2) is 0 Å². The number of aromatic nitrogens is 3. The number of anilines is 1. The Morgan fingerprint density at radius 2 is 2.30 bits per heavy atom. The Balaban J connectivity index is 1.78. The van der Waals surface area contributed by atoms with Crippen LogP contribution in [0.4, 0.5) is 5.82 Å². The molecule has 1 aliphatic rings. The molecule has 0 amide bonds. The average molecular weight is 282 g/mol. The topological polar surface area (TPSA) is 42.7 Å². The number of hydrogen-bond acceptors (Lipinski definition) is 4. The lowest BCUT2D eigenvalue weighted by molar-refractivity contribution is 0.490. The molecule has 100 valence electrons. The summed E-state index contributed by atoms with van der Waals surface area (Å²) in [6.45, 7) is 0.987. The molecule has 3 aromatic rings. The summed E-state index contributed by atoms with van der Waals surface area (Å²) in [5, 5.41) is 10.3. The molecule has 5 heteroatoms. The predicted octanol–water partition coefficient (Wildman–Crippen LogP) is 3.41. The van der Waals surface area contributed by atoms with Crippen LogP contribution in [0.5, 0.6) is 0 Å². The first-order valence-electron chi connectivity index (χ1n) is 6.69. The van der Waals surface area contributed by atoms with Gasteiger partial charge in [0.1, 0.15) is 5.82 Å². The van der Waals surface area contributed by atoms with Gasteiger partial charge in [-0.3, -0.25) is 4.98 Å². The first-order valence-corrected chi connectivity index (χ1v) is 7.57. The number of nitrogens with zero attached hydrogens (tertiary/aromatic N) is 3. The molecule has 0 radical (unpaired) electrons. The van der Waals surface area contributed by atoms with Crippen molar-refractivity contribution in [2.45, 2.75) is 12.5 Å². The maximum absolute atomic E-state index is 4.78. The molecule has 1 atom stereocenters. The van der Waals surface area contributed by atoms with Crippen molar-refractivity contribution in [3.05, 3.63) is 53.0 Å². The van der Waals surface area contributed by atoms with E-state index in [4.69, 9.17) is 5.10 Å². The smallest absolute Gasteiger partial charge is 0.125 e.